The number of Topliss-reactive ketones (excluding diaryl/α,β-unsaturated/α-hetero) is 1. The number of ketones is 1. The van der Waals surface area contributed by atoms with Crippen molar-refractivity contribution in [2.75, 3.05) is 7.11 Å². The average Bonchev–Trinajstić information content (AvgIpc) is 2.82. The Morgan fingerprint density at radius 2 is 1.32 bits per heavy atom. The highest BCUT2D eigenvalue weighted by Gasteiger charge is 2.22. The Kier molecular flexibility index (Phi) is 21.9. The molecule has 0 aliphatic rings. The molecule has 6 nitrogen and oxygen atoms in total. The minimum absolute atomic E-state index is 0.0340. The lowest BCUT2D eigenvalue weighted by molar-refractivity contribution is -0.155. The minimum Gasteiger partial charge on any atom is -0.469 e. The molecule has 0 saturated heterocycles. The molecule has 0 amide bonds. The summed E-state index contributed by atoms with van der Waals surface area (Å²) in [6, 6.07) is 0. The second-order valence-electron chi connectivity index (χ2n) is 9.18. The van der Waals surface area contributed by atoms with Crippen LogP contribution in [0, 0.1) is 0 Å². The van der Waals surface area contributed by atoms with Gasteiger partial charge in [-0.1, -0.05) is 70.9 Å². The molecule has 1 N–H and O–H groups in total. The number of allylic oxidation sites excluding steroid dienone is 1. The first-order valence-electron chi connectivity index (χ1n) is 13.6. The molecule has 0 aromatic heterocycles. The maximum atomic E-state index is 12.3. The van der Waals surface area contributed by atoms with Crippen molar-refractivity contribution < 1.29 is 29.0 Å². The van der Waals surface area contributed by atoms with Gasteiger partial charge < -0.3 is 14.6 Å². The molecule has 198 valence electrons. The Morgan fingerprint density at radius 1 is 0.735 bits per heavy atom. The van der Waals surface area contributed by atoms with Gasteiger partial charge in [0.2, 0.25) is 0 Å². The van der Waals surface area contributed by atoms with Gasteiger partial charge in [0.25, 0.3) is 0 Å². The summed E-state index contributed by atoms with van der Waals surface area (Å²) < 4.78 is 10.2. The summed E-state index contributed by atoms with van der Waals surface area (Å²) in [6.07, 6.45) is 17.6. The molecule has 0 saturated carbocycles. The molecule has 34 heavy (non-hydrogen) atoms. The van der Waals surface area contributed by atoms with Gasteiger partial charge in [-0.3, -0.25) is 14.4 Å². The number of carbonyl (C=O) groups excluding carboxylic acids is 3. The SMILES string of the molecule is CCCCCCCC/C=C\CC(O)C(CCCCC)OC(=O)CCCC(=O)CCCC(=O)OC. The van der Waals surface area contributed by atoms with Crippen LogP contribution in [0.2, 0.25) is 0 Å². The van der Waals surface area contributed by atoms with Crippen molar-refractivity contribution in [1.29, 1.82) is 0 Å². The molecule has 0 heterocycles. The maximum Gasteiger partial charge on any atom is 0.306 e. The molecule has 0 bridgehead atoms. The molecule has 0 radical (unpaired) electrons. The number of aliphatic hydroxyl groups is 1. The minimum atomic E-state index is -0.707. The normalized spacial score (nSPS) is 13.1. The number of hydrogen-bond donors (Lipinski definition) is 1. The van der Waals surface area contributed by atoms with Gasteiger partial charge in [0, 0.05) is 25.7 Å². The van der Waals surface area contributed by atoms with E-state index in [2.05, 4.69) is 24.7 Å². The van der Waals surface area contributed by atoms with Gasteiger partial charge in [-0.2, -0.15) is 0 Å². The third-order valence-electron chi connectivity index (χ3n) is 5.97. The largest absolute Gasteiger partial charge is 0.469 e. The fraction of sp³-hybridized carbons (Fsp3) is 0.821. The number of aliphatic hydroxyl groups excluding tert-OH is 1. The van der Waals surface area contributed by atoms with Crippen LogP contribution in [-0.4, -0.2) is 42.1 Å². The van der Waals surface area contributed by atoms with Gasteiger partial charge in [-0.05, 0) is 44.9 Å². The van der Waals surface area contributed by atoms with Gasteiger partial charge in [0.05, 0.1) is 13.2 Å². The third kappa shape index (κ3) is 19.7. The zero-order valence-corrected chi connectivity index (χ0v) is 22.0. The monoisotopic (exact) mass is 482 g/mol. The molecule has 6 heteroatoms. The van der Waals surface area contributed by atoms with Gasteiger partial charge in [0.1, 0.15) is 11.9 Å². The van der Waals surface area contributed by atoms with Crippen molar-refractivity contribution in [3.63, 3.8) is 0 Å². The van der Waals surface area contributed by atoms with Gasteiger partial charge in [-0.25, -0.2) is 0 Å². The van der Waals surface area contributed by atoms with Crippen LogP contribution >= 0.6 is 0 Å². The summed E-state index contributed by atoms with van der Waals surface area (Å²) in [5, 5.41) is 10.6. The quantitative estimate of drug-likeness (QED) is 0.1000. The zero-order valence-electron chi connectivity index (χ0n) is 22.0. The van der Waals surface area contributed by atoms with E-state index in [1.807, 2.05) is 6.08 Å². The van der Waals surface area contributed by atoms with E-state index in [1.54, 1.807) is 0 Å². The lowest BCUT2D eigenvalue weighted by atomic mass is 10.0. The Balaban J connectivity index is 4.27. The summed E-state index contributed by atoms with van der Waals surface area (Å²) in [5.41, 5.74) is 0. The number of ether oxygens (including phenoxy) is 2. The van der Waals surface area contributed by atoms with Crippen LogP contribution in [-0.2, 0) is 23.9 Å². The van der Waals surface area contributed by atoms with Crippen molar-refractivity contribution in [2.45, 2.75) is 142 Å². The van der Waals surface area contributed by atoms with E-state index in [0.717, 1.165) is 25.7 Å². The first-order chi connectivity index (χ1) is 16.4. The van der Waals surface area contributed by atoms with Crippen LogP contribution in [0.4, 0.5) is 0 Å². The van der Waals surface area contributed by atoms with E-state index >= 15 is 0 Å². The molecule has 2 unspecified atom stereocenters. The summed E-state index contributed by atoms with van der Waals surface area (Å²) in [6.45, 7) is 4.34. The second-order valence-corrected chi connectivity index (χ2v) is 9.18. The van der Waals surface area contributed by atoms with Gasteiger partial charge in [-0.15, -0.1) is 0 Å². The van der Waals surface area contributed by atoms with Crippen LogP contribution in [0.3, 0.4) is 0 Å². The number of hydrogen-bond acceptors (Lipinski definition) is 6. The Morgan fingerprint density at radius 3 is 1.97 bits per heavy atom. The Hall–Kier alpha value is -1.69. The smallest absolute Gasteiger partial charge is 0.306 e. The molecule has 2 atom stereocenters. The van der Waals surface area contributed by atoms with Crippen LogP contribution in [0.1, 0.15) is 129 Å². The highest BCUT2D eigenvalue weighted by Crippen LogP contribution is 2.16. The van der Waals surface area contributed by atoms with Crippen LogP contribution < -0.4 is 0 Å². The van der Waals surface area contributed by atoms with E-state index in [9.17, 15) is 19.5 Å². The molecule has 0 aromatic rings. The predicted octanol–water partition coefficient (Wildman–Crippen LogP) is 6.62. The molecular formula is C28H50O6. The fourth-order valence-corrected chi connectivity index (χ4v) is 3.79. The van der Waals surface area contributed by atoms with Crippen LogP contribution in [0.25, 0.3) is 0 Å². The van der Waals surface area contributed by atoms with Crippen molar-refractivity contribution in [3.05, 3.63) is 12.2 Å². The molecule has 0 aliphatic carbocycles. The summed E-state index contributed by atoms with van der Waals surface area (Å²) >= 11 is 0. The topological polar surface area (TPSA) is 89.9 Å². The van der Waals surface area contributed by atoms with E-state index in [1.165, 1.54) is 45.6 Å². The number of rotatable bonds is 23. The summed E-state index contributed by atoms with van der Waals surface area (Å²) in [7, 11) is 1.33. The Labute approximate surface area is 207 Å². The van der Waals surface area contributed by atoms with E-state index < -0.39 is 12.2 Å². The van der Waals surface area contributed by atoms with Gasteiger partial charge in [0.15, 0.2) is 0 Å². The predicted molar refractivity (Wildman–Crippen MR) is 137 cm³/mol. The molecule has 0 spiro atoms. The van der Waals surface area contributed by atoms with Crippen molar-refractivity contribution in [3.8, 4) is 0 Å². The number of unbranched alkanes of at least 4 members (excludes halogenated alkanes) is 8. The first-order valence-corrected chi connectivity index (χ1v) is 13.6. The first kappa shape index (κ1) is 32.3. The lowest BCUT2D eigenvalue weighted by Gasteiger charge is -2.22. The molecule has 0 rings (SSSR count). The maximum absolute atomic E-state index is 12.3. The standard InChI is InChI=1S/C28H50O6/c1-4-6-8-9-10-11-12-13-15-20-25(30)26(21-14-7-5-2)34-28(32)23-17-19-24(29)18-16-22-27(31)33-3/h13,15,25-26,30H,4-12,14,16-23H2,1-3H3/b15-13-. The van der Waals surface area contributed by atoms with Crippen molar-refractivity contribution >= 4 is 17.7 Å². The molecule has 0 aromatic carbocycles. The second kappa shape index (κ2) is 23.1. The highest BCUT2D eigenvalue weighted by molar-refractivity contribution is 5.79. The van der Waals surface area contributed by atoms with E-state index in [0.29, 0.717) is 38.5 Å². The molecule has 0 aliphatic heterocycles. The highest BCUT2D eigenvalue weighted by atomic mass is 16.6. The van der Waals surface area contributed by atoms with Crippen molar-refractivity contribution in [1.82, 2.24) is 0 Å². The summed E-state index contributed by atoms with van der Waals surface area (Å²) in [4.78, 5) is 35.3. The van der Waals surface area contributed by atoms with Crippen LogP contribution in [0.15, 0.2) is 12.2 Å². The molecular weight excluding hydrogens is 432 g/mol. The number of methoxy groups -OCH3 is 1. The average molecular weight is 483 g/mol. The fourth-order valence-electron chi connectivity index (χ4n) is 3.79. The lowest BCUT2D eigenvalue weighted by Crippen LogP contribution is -2.31. The van der Waals surface area contributed by atoms with Crippen LogP contribution in [0.5, 0.6) is 0 Å². The van der Waals surface area contributed by atoms with Gasteiger partial charge >= 0.3 is 11.9 Å². The number of carbonyl (C=O) groups is 3. The third-order valence-corrected chi connectivity index (χ3v) is 5.97. The Bertz CT molecular complexity index is 557. The van der Waals surface area contributed by atoms with Crippen molar-refractivity contribution in [2.24, 2.45) is 0 Å². The van der Waals surface area contributed by atoms with E-state index in [-0.39, 0.29) is 30.6 Å². The zero-order chi connectivity index (χ0) is 25.4. The number of esters is 2. The molecule has 0 fully saturated rings. The van der Waals surface area contributed by atoms with E-state index in [4.69, 9.17) is 4.74 Å². The summed E-state index contributed by atoms with van der Waals surface area (Å²) in [5.74, 6) is -0.646.